The van der Waals surface area contributed by atoms with Crippen LogP contribution in [0.25, 0.3) is 0 Å². The van der Waals surface area contributed by atoms with Crippen molar-refractivity contribution in [2.75, 3.05) is 11.9 Å². The van der Waals surface area contributed by atoms with E-state index >= 15 is 0 Å². The molecule has 94 valence electrons. The molecule has 4 nitrogen and oxygen atoms in total. The van der Waals surface area contributed by atoms with Gasteiger partial charge in [-0.1, -0.05) is 24.6 Å². The predicted molar refractivity (Wildman–Crippen MR) is 71.5 cm³/mol. The number of nitrogens with two attached hydrogens (primary N) is 1. The van der Waals surface area contributed by atoms with Gasteiger partial charge in [0, 0.05) is 23.3 Å². The SMILES string of the molecule is CCC(CN)NC(=O)Nc1ccc(C)c(Cl)c1. The quantitative estimate of drug-likeness (QED) is 0.774. The maximum absolute atomic E-state index is 11.6. The Labute approximate surface area is 107 Å². The fraction of sp³-hybridized carbons (Fsp3) is 0.417. The zero-order chi connectivity index (χ0) is 12.8. The highest BCUT2D eigenvalue weighted by atomic mass is 35.5. The summed E-state index contributed by atoms with van der Waals surface area (Å²) >= 11 is 5.97. The number of carbonyl (C=O) groups is 1. The molecule has 0 bridgehead atoms. The van der Waals surface area contributed by atoms with Gasteiger partial charge in [-0.25, -0.2) is 4.79 Å². The van der Waals surface area contributed by atoms with Gasteiger partial charge in [0.2, 0.25) is 0 Å². The molecular weight excluding hydrogens is 238 g/mol. The molecule has 0 aliphatic carbocycles. The highest BCUT2D eigenvalue weighted by Crippen LogP contribution is 2.19. The van der Waals surface area contributed by atoms with Crippen LogP contribution in [0.4, 0.5) is 10.5 Å². The molecule has 0 aliphatic heterocycles. The van der Waals surface area contributed by atoms with Crippen molar-refractivity contribution < 1.29 is 4.79 Å². The standard InChI is InChI=1S/C12H18ClN3O/c1-3-9(7-14)15-12(17)16-10-5-4-8(2)11(13)6-10/h4-6,9H,3,7,14H2,1-2H3,(H2,15,16,17). The Morgan fingerprint density at radius 1 is 1.53 bits per heavy atom. The summed E-state index contributed by atoms with van der Waals surface area (Å²) in [4.78, 5) is 11.6. The highest BCUT2D eigenvalue weighted by Gasteiger charge is 2.08. The van der Waals surface area contributed by atoms with Crippen molar-refractivity contribution in [3.8, 4) is 0 Å². The molecule has 1 rings (SSSR count). The number of carbonyl (C=O) groups excluding carboxylic acids is 1. The largest absolute Gasteiger partial charge is 0.334 e. The number of hydrogen-bond acceptors (Lipinski definition) is 2. The number of halogens is 1. The van der Waals surface area contributed by atoms with Crippen LogP contribution in [-0.4, -0.2) is 18.6 Å². The lowest BCUT2D eigenvalue weighted by atomic mass is 10.2. The molecule has 4 N–H and O–H groups in total. The molecule has 0 saturated heterocycles. The van der Waals surface area contributed by atoms with Crippen molar-refractivity contribution in [2.45, 2.75) is 26.3 Å². The summed E-state index contributed by atoms with van der Waals surface area (Å²) < 4.78 is 0. The van der Waals surface area contributed by atoms with Gasteiger partial charge in [-0.3, -0.25) is 0 Å². The summed E-state index contributed by atoms with van der Waals surface area (Å²) in [5.41, 5.74) is 7.15. The Bertz CT molecular complexity index is 391. The molecule has 1 aromatic rings. The van der Waals surface area contributed by atoms with E-state index in [4.69, 9.17) is 17.3 Å². The average Bonchev–Trinajstić information content (AvgIpc) is 2.31. The molecule has 0 aromatic heterocycles. The van der Waals surface area contributed by atoms with Gasteiger partial charge in [0.05, 0.1) is 0 Å². The maximum Gasteiger partial charge on any atom is 0.319 e. The summed E-state index contributed by atoms with van der Waals surface area (Å²) in [5, 5.41) is 6.13. The Morgan fingerprint density at radius 3 is 2.76 bits per heavy atom. The maximum atomic E-state index is 11.6. The van der Waals surface area contributed by atoms with Gasteiger partial charge in [-0.15, -0.1) is 0 Å². The molecule has 2 amide bonds. The Balaban J connectivity index is 2.58. The average molecular weight is 256 g/mol. The van der Waals surface area contributed by atoms with Crippen LogP contribution in [-0.2, 0) is 0 Å². The van der Waals surface area contributed by atoms with E-state index in [0.29, 0.717) is 17.3 Å². The van der Waals surface area contributed by atoms with E-state index in [1.807, 2.05) is 26.0 Å². The van der Waals surface area contributed by atoms with E-state index in [9.17, 15) is 4.79 Å². The number of amides is 2. The van der Waals surface area contributed by atoms with E-state index in [2.05, 4.69) is 10.6 Å². The molecule has 0 fully saturated rings. The normalized spacial score (nSPS) is 12.0. The number of aryl methyl sites for hydroxylation is 1. The molecule has 0 radical (unpaired) electrons. The summed E-state index contributed by atoms with van der Waals surface area (Å²) in [6.07, 6.45) is 0.804. The van der Waals surface area contributed by atoms with E-state index < -0.39 is 0 Å². The van der Waals surface area contributed by atoms with Crippen LogP contribution in [0.3, 0.4) is 0 Å². The van der Waals surface area contributed by atoms with E-state index in [0.717, 1.165) is 12.0 Å². The van der Waals surface area contributed by atoms with Crippen molar-refractivity contribution in [2.24, 2.45) is 5.73 Å². The van der Waals surface area contributed by atoms with Crippen molar-refractivity contribution in [3.05, 3.63) is 28.8 Å². The predicted octanol–water partition coefficient (Wildman–Crippen LogP) is 2.51. The number of urea groups is 1. The Hall–Kier alpha value is -1.26. The van der Waals surface area contributed by atoms with Crippen molar-refractivity contribution >= 4 is 23.3 Å². The summed E-state index contributed by atoms with van der Waals surface area (Å²) in [5.74, 6) is 0. The van der Waals surface area contributed by atoms with Crippen molar-refractivity contribution in [1.82, 2.24) is 5.32 Å². The van der Waals surface area contributed by atoms with Gasteiger partial charge in [-0.05, 0) is 31.0 Å². The summed E-state index contributed by atoms with van der Waals surface area (Å²) in [7, 11) is 0. The second kappa shape index (κ2) is 6.47. The van der Waals surface area contributed by atoms with Crippen molar-refractivity contribution in [1.29, 1.82) is 0 Å². The first-order valence-electron chi connectivity index (χ1n) is 5.60. The fourth-order valence-electron chi connectivity index (χ4n) is 1.35. The number of hydrogen-bond donors (Lipinski definition) is 3. The van der Waals surface area contributed by atoms with Crippen LogP contribution in [0.1, 0.15) is 18.9 Å². The minimum Gasteiger partial charge on any atom is -0.334 e. The summed E-state index contributed by atoms with van der Waals surface area (Å²) in [6.45, 7) is 4.31. The third-order valence-electron chi connectivity index (χ3n) is 2.54. The summed E-state index contributed by atoms with van der Waals surface area (Å²) in [6, 6.07) is 5.13. The van der Waals surface area contributed by atoms with Gasteiger partial charge in [0.15, 0.2) is 0 Å². The third-order valence-corrected chi connectivity index (χ3v) is 2.95. The molecule has 1 unspecified atom stereocenters. The molecule has 0 saturated carbocycles. The van der Waals surface area contributed by atoms with Gasteiger partial charge in [0.1, 0.15) is 0 Å². The van der Waals surface area contributed by atoms with Gasteiger partial charge in [0.25, 0.3) is 0 Å². The molecule has 1 aromatic carbocycles. The Kier molecular flexibility index (Phi) is 5.25. The first kappa shape index (κ1) is 13.8. The lowest BCUT2D eigenvalue weighted by Crippen LogP contribution is -2.41. The second-order valence-electron chi connectivity index (χ2n) is 3.90. The van der Waals surface area contributed by atoms with Crippen LogP contribution >= 0.6 is 11.6 Å². The number of anilines is 1. The number of benzene rings is 1. The lowest BCUT2D eigenvalue weighted by molar-refractivity contribution is 0.248. The third kappa shape index (κ3) is 4.24. The minimum atomic E-state index is -0.262. The van der Waals surface area contributed by atoms with Crippen LogP contribution in [0, 0.1) is 6.92 Å². The molecular formula is C12H18ClN3O. The first-order chi connectivity index (χ1) is 8.06. The van der Waals surface area contributed by atoms with E-state index in [-0.39, 0.29) is 12.1 Å². The zero-order valence-electron chi connectivity index (χ0n) is 10.1. The topological polar surface area (TPSA) is 67.1 Å². The van der Waals surface area contributed by atoms with Crippen LogP contribution in [0.2, 0.25) is 5.02 Å². The van der Waals surface area contributed by atoms with E-state index in [1.54, 1.807) is 6.07 Å². The molecule has 1 atom stereocenters. The number of nitrogens with one attached hydrogen (secondary N) is 2. The number of rotatable bonds is 4. The smallest absolute Gasteiger partial charge is 0.319 e. The highest BCUT2D eigenvalue weighted by molar-refractivity contribution is 6.31. The van der Waals surface area contributed by atoms with Crippen LogP contribution < -0.4 is 16.4 Å². The minimum absolute atomic E-state index is 0.00378. The molecule has 5 heteroatoms. The van der Waals surface area contributed by atoms with Crippen LogP contribution in [0.15, 0.2) is 18.2 Å². The van der Waals surface area contributed by atoms with Gasteiger partial charge >= 0.3 is 6.03 Å². The zero-order valence-corrected chi connectivity index (χ0v) is 10.8. The van der Waals surface area contributed by atoms with Gasteiger partial charge in [-0.2, -0.15) is 0 Å². The van der Waals surface area contributed by atoms with Gasteiger partial charge < -0.3 is 16.4 Å². The van der Waals surface area contributed by atoms with Crippen LogP contribution in [0.5, 0.6) is 0 Å². The first-order valence-corrected chi connectivity index (χ1v) is 5.98. The molecule has 0 heterocycles. The molecule has 0 aliphatic rings. The molecule has 17 heavy (non-hydrogen) atoms. The Morgan fingerprint density at radius 2 is 2.24 bits per heavy atom. The van der Waals surface area contributed by atoms with E-state index in [1.165, 1.54) is 0 Å². The monoisotopic (exact) mass is 255 g/mol. The molecule has 0 spiro atoms. The lowest BCUT2D eigenvalue weighted by Gasteiger charge is -2.15. The van der Waals surface area contributed by atoms with Crippen molar-refractivity contribution in [3.63, 3.8) is 0 Å². The fourth-order valence-corrected chi connectivity index (χ4v) is 1.53. The second-order valence-corrected chi connectivity index (χ2v) is 4.31.